The van der Waals surface area contributed by atoms with Crippen LogP contribution in [0.4, 0.5) is 0 Å². The van der Waals surface area contributed by atoms with Crippen LogP contribution in [0.3, 0.4) is 0 Å². The van der Waals surface area contributed by atoms with Gasteiger partial charge in [-0.05, 0) is 48.7 Å². The lowest BCUT2D eigenvalue weighted by Gasteiger charge is -2.21. The highest BCUT2D eigenvalue weighted by Crippen LogP contribution is 2.38. The van der Waals surface area contributed by atoms with Crippen LogP contribution in [0.15, 0.2) is 64.2 Å². The van der Waals surface area contributed by atoms with Crippen LogP contribution in [0, 0.1) is 6.92 Å². The number of nitrogens with one attached hydrogen (secondary N) is 1. The van der Waals surface area contributed by atoms with E-state index in [2.05, 4.69) is 15.5 Å². The quantitative estimate of drug-likeness (QED) is 0.286. The maximum Gasteiger partial charge on any atom is 0.269 e. The number of aryl methyl sites for hydroxylation is 1. The minimum Gasteiger partial charge on any atom is -0.495 e. The maximum atomic E-state index is 13.5. The number of aromatic nitrogens is 3. The second-order valence-electron chi connectivity index (χ2n) is 9.09. The number of amides is 1. The molecule has 40 heavy (non-hydrogen) atoms. The van der Waals surface area contributed by atoms with E-state index in [-0.39, 0.29) is 36.8 Å². The number of nitrogens with zero attached hydrogens (tertiary/aromatic N) is 3. The highest BCUT2D eigenvalue weighted by atomic mass is 35.5. The molecule has 0 aliphatic carbocycles. The molecule has 1 amide bonds. The molecule has 3 heterocycles. The Morgan fingerprint density at radius 1 is 1.10 bits per heavy atom. The van der Waals surface area contributed by atoms with Gasteiger partial charge in [0.15, 0.2) is 11.5 Å². The third-order valence-corrected chi connectivity index (χ3v) is 6.63. The van der Waals surface area contributed by atoms with Gasteiger partial charge in [-0.2, -0.15) is 0 Å². The average Bonchev–Trinajstić information content (AvgIpc) is 3.39. The number of hydrogen-bond acceptors (Lipinski definition) is 8. The molecule has 0 bridgehead atoms. The summed E-state index contributed by atoms with van der Waals surface area (Å²) >= 11 is 6.33. The number of ether oxygens (including phenoxy) is 2. The first-order chi connectivity index (χ1) is 19.2. The van der Waals surface area contributed by atoms with Gasteiger partial charge in [-0.15, -0.1) is 0 Å². The van der Waals surface area contributed by atoms with Crippen LogP contribution in [0.2, 0.25) is 5.02 Å². The van der Waals surface area contributed by atoms with Gasteiger partial charge >= 0.3 is 0 Å². The smallest absolute Gasteiger partial charge is 0.269 e. The van der Waals surface area contributed by atoms with E-state index in [1.807, 2.05) is 6.92 Å². The number of Topliss-reactive ketones (excluding diaryl/α,β-unsaturated/α-hetero) is 1. The van der Waals surface area contributed by atoms with Crippen LogP contribution in [-0.2, 0) is 16.0 Å². The van der Waals surface area contributed by atoms with E-state index in [1.165, 1.54) is 44.3 Å². The van der Waals surface area contributed by atoms with Crippen molar-refractivity contribution in [3.8, 4) is 28.2 Å². The fraction of sp³-hybridized carbons (Fsp3) is 0.276. The first-order valence-corrected chi connectivity index (χ1v) is 12.9. The monoisotopic (exact) mass is 564 g/mol. The van der Waals surface area contributed by atoms with Gasteiger partial charge in [0.05, 0.1) is 25.0 Å². The Bertz CT molecular complexity index is 1580. The van der Waals surface area contributed by atoms with Crippen LogP contribution in [-0.4, -0.2) is 54.3 Å². The molecule has 1 aromatic carbocycles. The molecule has 0 fully saturated rings. The number of carbonyl (C=O) groups is 2. The standard InChI is InChI=1S/C29H29ClN4O6/c1-17-11-26(40-33-17)20-7-6-19(30)13-21(20)22-14-28(36)34(16-27(22)39-4)24(9-10-38-3)25(35)12-18-5-8-23(32-15-18)29(37)31-2/h5-8,11,13-16,24H,9-10,12H2,1-4H3,(H,31,37). The summed E-state index contributed by atoms with van der Waals surface area (Å²) in [5.74, 6) is 0.339. The average molecular weight is 565 g/mol. The molecular formula is C29H29ClN4O6. The number of ketones is 1. The van der Waals surface area contributed by atoms with Crippen molar-refractivity contribution in [3.63, 3.8) is 0 Å². The molecule has 208 valence electrons. The van der Waals surface area contributed by atoms with Gasteiger partial charge in [0.2, 0.25) is 0 Å². The lowest BCUT2D eigenvalue weighted by Crippen LogP contribution is -2.31. The lowest BCUT2D eigenvalue weighted by molar-refractivity contribution is -0.122. The second kappa shape index (κ2) is 12.7. The molecule has 3 aromatic heterocycles. The Labute approximate surface area is 235 Å². The minimum atomic E-state index is -0.829. The summed E-state index contributed by atoms with van der Waals surface area (Å²) in [7, 11) is 4.53. The predicted molar refractivity (Wildman–Crippen MR) is 150 cm³/mol. The molecular weight excluding hydrogens is 536 g/mol. The first-order valence-electron chi connectivity index (χ1n) is 12.5. The SMILES string of the molecule is CNC(=O)c1ccc(CC(=O)C(CCOC)n2cc(OC)c(-c3cc(Cl)ccc3-c3cc(C)no3)cc2=O)cn1. The van der Waals surface area contributed by atoms with Crippen molar-refractivity contribution in [2.45, 2.75) is 25.8 Å². The van der Waals surface area contributed by atoms with Crippen molar-refractivity contribution in [2.75, 3.05) is 27.9 Å². The molecule has 11 heteroatoms. The Balaban J connectivity index is 1.73. The van der Waals surface area contributed by atoms with Crippen LogP contribution in [0.25, 0.3) is 22.5 Å². The molecule has 0 spiro atoms. The Hall–Kier alpha value is -4.28. The molecule has 0 saturated carbocycles. The molecule has 1 N–H and O–H groups in total. The van der Waals surface area contributed by atoms with Gasteiger partial charge in [-0.1, -0.05) is 22.8 Å². The molecule has 1 unspecified atom stereocenters. The molecule has 0 saturated heterocycles. The molecule has 4 rings (SSSR count). The van der Waals surface area contributed by atoms with Crippen LogP contribution in [0.5, 0.6) is 5.75 Å². The summed E-state index contributed by atoms with van der Waals surface area (Å²) in [5.41, 5.74) is 2.94. The van der Waals surface area contributed by atoms with Crippen molar-refractivity contribution in [2.24, 2.45) is 0 Å². The maximum absolute atomic E-state index is 13.5. The summed E-state index contributed by atoms with van der Waals surface area (Å²) < 4.78 is 17.8. The highest BCUT2D eigenvalue weighted by Gasteiger charge is 2.25. The summed E-state index contributed by atoms with van der Waals surface area (Å²) in [6, 6.07) is 10.8. The molecule has 1 atom stereocenters. The normalized spacial score (nSPS) is 11.7. The molecule has 0 radical (unpaired) electrons. The van der Waals surface area contributed by atoms with Gasteiger partial charge in [0.25, 0.3) is 11.5 Å². The largest absolute Gasteiger partial charge is 0.495 e. The number of hydrogen-bond donors (Lipinski definition) is 1. The lowest BCUT2D eigenvalue weighted by atomic mass is 9.97. The van der Waals surface area contributed by atoms with Crippen molar-refractivity contribution in [3.05, 3.63) is 87.2 Å². The van der Waals surface area contributed by atoms with Gasteiger partial charge < -0.3 is 23.9 Å². The van der Waals surface area contributed by atoms with Crippen LogP contribution in [0.1, 0.15) is 34.2 Å². The summed E-state index contributed by atoms with van der Waals surface area (Å²) in [6.07, 6.45) is 3.28. The molecule has 10 nitrogen and oxygen atoms in total. The first kappa shape index (κ1) is 28.7. The van der Waals surface area contributed by atoms with Gasteiger partial charge in [0.1, 0.15) is 11.4 Å². The van der Waals surface area contributed by atoms with E-state index in [9.17, 15) is 14.4 Å². The Kier molecular flexibility index (Phi) is 9.13. The Morgan fingerprint density at radius 3 is 2.52 bits per heavy atom. The van der Waals surface area contributed by atoms with E-state index in [1.54, 1.807) is 36.4 Å². The summed E-state index contributed by atoms with van der Waals surface area (Å²) in [6.45, 7) is 2.07. The fourth-order valence-electron chi connectivity index (χ4n) is 4.39. The summed E-state index contributed by atoms with van der Waals surface area (Å²) in [4.78, 5) is 42.9. The van der Waals surface area contributed by atoms with Crippen LogP contribution >= 0.6 is 11.6 Å². The van der Waals surface area contributed by atoms with E-state index in [4.69, 9.17) is 25.6 Å². The number of benzene rings is 1. The third-order valence-electron chi connectivity index (χ3n) is 6.39. The van der Waals surface area contributed by atoms with Crippen molar-refractivity contribution >= 4 is 23.3 Å². The molecule has 0 aliphatic heterocycles. The molecule has 0 aliphatic rings. The number of rotatable bonds is 11. The van der Waals surface area contributed by atoms with Gasteiger partial charge in [0, 0.05) is 61.7 Å². The zero-order valence-electron chi connectivity index (χ0n) is 22.6. The Morgan fingerprint density at radius 2 is 1.90 bits per heavy atom. The topological polar surface area (TPSA) is 126 Å². The zero-order chi connectivity index (χ0) is 28.8. The third kappa shape index (κ3) is 6.30. The highest BCUT2D eigenvalue weighted by molar-refractivity contribution is 6.31. The number of pyridine rings is 2. The van der Waals surface area contributed by atoms with Crippen LogP contribution < -0.4 is 15.6 Å². The van der Waals surface area contributed by atoms with Crippen molar-refractivity contribution in [1.82, 2.24) is 20.0 Å². The molecule has 4 aromatic rings. The van der Waals surface area contributed by atoms with E-state index >= 15 is 0 Å². The number of halogens is 1. The fourth-order valence-corrected chi connectivity index (χ4v) is 4.56. The van der Waals surface area contributed by atoms with Gasteiger partial charge in [-0.25, -0.2) is 0 Å². The zero-order valence-corrected chi connectivity index (χ0v) is 23.3. The number of methoxy groups -OCH3 is 2. The van der Waals surface area contributed by atoms with E-state index in [0.717, 1.165) is 0 Å². The number of carbonyl (C=O) groups excluding carboxylic acids is 2. The summed E-state index contributed by atoms with van der Waals surface area (Å²) in [5, 5.41) is 6.94. The van der Waals surface area contributed by atoms with Crippen molar-refractivity contribution in [1.29, 1.82) is 0 Å². The van der Waals surface area contributed by atoms with Crippen molar-refractivity contribution < 1.29 is 23.6 Å². The second-order valence-corrected chi connectivity index (χ2v) is 9.53. The minimum absolute atomic E-state index is 0.00912. The predicted octanol–water partition coefficient (Wildman–Crippen LogP) is 4.28. The van der Waals surface area contributed by atoms with E-state index < -0.39 is 11.6 Å². The van der Waals surface area contributed by atoms with E-state index in [0.29, 0.717) is 44.5 Å². The van der Waals surface area contributed by atoms with Gasteiger partial charge in [-0.3, -0.25) is 19.4 Å².